The molecule has 1 aromatic carbocycles. The number of para-hydroxylation sites is 2. The van der Waals surface area contributed by atoms with Crippen molar-refractivity contribution in [3.8, 4) is 0 Å². The maximum atomic E-state index is 11.8. The molecule has 20 heavy (non-hydrogen) atoms. The van der Waals surface area contributed by atoms with Gasteiger partial charge in [-0.3, -0.25) is 4.79 Å². The minimum absolute atomic E-state index is 0. The van der Waals surface area contributed by atoms with Gasteiger partial charge in [-0.15, -0.1) is 24.8 Å². The maximum absolute atomic E-state index is 11.8. The predicted octanol–water partition coefficient (Wildman–Crippen LogP) is 1.63. The molecule has 0 bridgehead atoms. The van der Waals surface area contributed by atoms with Crippen molar-refractivity contribution in [2.24, 2.45) is 5.92 Å². The highest BCUT2D eigenvalue weighted by molar-refractivity contribution is 5.85. The average molecular weight is 317 g/mol. The molecule has 1 saturated heterocycles. The summed E-state index contributed by atoms with van der Waals surface area (Å²) < 4.78 is 0. The number of hydrogen-bond donors (Lipinski definition) is 3. The first kappa shape index (κ1) is 16.8. The molecular weight excluding hydrogens is 299 g/mol. The number of fused-ring (bicyclic) bond motifs is 1. The Balaban J connectivity index is 0.000001000. The van der Waals surface area contributed by atoms with E-state index < -0.39 is 0 Å². The zero-order chi connectivity index (χ0) is 12.4. The lowest BCUT2D eigenvalue weighted by Gasteiger charge is -2.08. The van der Waals surface area contributed by atoms with E-state index in [9.17, 15) is 4.79 Å². The number of halogens is 2. The second-order valence-electron chi connectivity index (χ2n) is 4.61. The van der Waals surface area contributed by atoms with Crippen LogP contribution in [-0.4, -0.2) is 29.0 Å². The van der Waals surface area contributed by atoms with Gasteiger partial charge in [0.25, 0.3) is 0 Å². The van der Waals surface area contributed by atoms with Gasteiger partial charge in [-0.1, -0.05) is 12.1 Å². The standard InChI is InChI=1S/C13H16N4O.2ClH/c18-13(9-5-6-14-7-9)15-8-12-16-10-3-1-2-4-11(10)17-12;;/h1-4,9,14H,5-8H2,(H,15,18)(H,16,17);2*1H. The normalized spacial score (nSPS) is 17.3. The van der Waals surface area contributed by atoms with Gasteiger partial charge < -0.3 is 15.6 Å². The quantitative estimate of drug-likeness (QED) is 0.806. The van der Waals surface area contributed by atoms with Crippen LogP contribution in [0.3, 0.4) is 0 Å². The fraction of sp³-hybridized carbons (Fsp3) is 0.385. The molecule has 0 saturated carbocycles. The Morgan fingerprint density at radius 2 is 2.15 bits per heavy atom. The van der Waals surface area contributed by atoms with Crippen LogP contribution in [0.1, 0.15) is 12.2 Å². The SMILES string of the molecule is Cl.Cl.O=C(NCc1nc2ccccc2[nH]1)C1CCNC1. The third kappa shape index (κ3) is 3.62. The van der Waals surface area contributed by atoms with Crippen LogP contribution in [0.15, 0.2) is 24.3 Å². The number of amides is 1. The minimum Gasteiger partial charge on any atom is -0.349 e. The van der Waals surface area contributed by atoms with Crippen LogP contribution >= 0.6 is 24.8 Å². The van der Waals surface area contributed by atoms with E-state index >= 15 is 0 Å². The largest absolute Gasteiger partial charge is 0.349 e. The highest BCUT2D eigenvalue weighted by atomic mass is 35.5. The third-order valence-electron chi connectivity index (χ3n) is 3.30. The van der Waals surface area contributed by atoms with Gasteiger partial charge in [0.1, 0.15) is 5.82 Å². The Morgan fingerprint density at radius 3 is 2.85 bits per heavy atom. The van der Waals surface area contributed by atoms with Crippen LogP contribution in [0.4, 0.5) is 0 Å². The zero-order valence-electron chi connectivity index (χ0n) is 10.9. The van der Waals surface area contributed by atoms with Gasteiger partial charge in [-0.2, -0.15) is 0 Å². The first-order chi connectivity index (χ1) is 8.83. The van der Waals surface area contributed by atoms with Crippen molar-refractivity contribution < 1.29 is 4.79 Å². The molecule has 1 unspecified atom stereocenters. The van der Waals surface area contributed by atoms with Gasteiger partial charge in [0.05, 0.1) is 23.5 Å². The summed E-state index contributed by atoms with van der Waals surface area (Å²) in [5, 5.41) is 6.12. The van der Waals surface area contributed by atoms with Crippen molar-refractivity contribution in [2.45, 2.75) is 13.0 Å². The van der Waals surface area contributed by atoms with Crippen LogP contribution < -0.4 is 10.6 Å². The molecule has 7 heteroatoms. The molecule has 0 aliphatic carbocycles. The monoisotopic (exact) mass is 316 g/mol. The summed E-state index contributed by atoms with van der Waals surface area (Å²) in [6.45, 7) is 2.18. The van der Waals surface area contributed by atoms with E-state index in [1.165, 1.54) is 0 Å². The lowest BCUT2D eigenvalue weighted by atomic mass is 10.1. The van der Waals surface area contributed by atoms with Gasteiger partial charge in [0.15, 0.2) is 0 Å². The summed E-state index contributed by atoms with van der Waals surface area (Å²) in [6.07, 6.45) is 0.923. The van der Waals surface area contributed by atoms with Crippen LogP contribution in [0.25, 0.3) is 11.0 Å². The average Bonchev–Trinajstić information content (AvgIpc) is 3.04. The molecule has 3 rings (SSSR count). The predicted molar refractivity (Wildman–Crippen MR) is 83.4 cm³/mol. The fourth-order valence-electron chi connectivity index (χ4n) is 2.28. The molecule has 5 nitrogen and oxygen atoms in total. The van der Waals surface area contributed by atoms with Crippen molar-refractivity contribution >= 4 is 41.8 Å². The van der Waals surface area contributed by atoms with Gasteiger partial charge in [0.2, 0.25) is 5.91 Å². The van der Waals surface area contributed by atoms with E-state index in [4.69, 9.17) is 0 Å². The van der Waals surface area contributed by atoms with E-state index in [0.29, 0.717) is 6.54 Å². The first-order valence-corrected chi connectivity index (χ1v) is 6.25. The van der Waals surface area contributed by atoms with Gasteiger partial charge in [-0.05, 0) is 25.1 Å². The molecule has 1 amide bonds. The zero-order valence-corrected chi connectivity index (χ0v) is 12.5. The van der Waals surface area contributed by atoms with Crippen molar-refractivity contribution in [1.29, 1.82) is 0 Å². The van der Waals surface area contributed by atoms with Crippen LogP contribution in [0.2, 0.25) is 0 Å². The summed E-state index contributed by atoms with van der Waals surface area (Å²) >= 11 is 0. The lowest BCUT2D eigenvalue weighted by Crippen LogP contribution is -2.31. The number of rotatable bonds is 3. The number of benzene rings is 1. The van der Waals surface area contributed by atoms with Crippen LogP contribution in [-0.2, 0) is 11.3 Å². The second kappa shape index (κ2) is 7.47. The van der Waals surface area contributed by atoms with E-state index in [1.54, 1.807) is 0 Å². The van der Waals surface area contributed by atoms with Gasteiger partial charge in [0, 0.05) is 6.54 Å². The molecule has 1 atom stereocenters. The fourth-order valence-corrected chi connectivity index (χ4v) is 2.28. The highest BCUT2D eigenvalue weighted by Gasteiger charge is 2.22. The molecule has 110 valence electrons. The summed E-state index contributed by atoms with van der Waals surface area (Å²) in [4.78, 5) is 19.5. The van der Waals surface area contributed by atoms with Gasteiger partial charge in [-0.25, -0.2) is 4.98 Å². The van der Waals surface area contributed by atoms with E-state index in [1.807, 2.05) is 24.3 Å². The Kier molecular flexibility index (Phi) is 6.26. The van der Waals surface area contributed by atoms with Crippen molar-refractivity contribution in [2.75, 3.05) is 13.1 Å². The Labute approximate surface area is 129 Å². The summed E-state index contributed by atoms with van der Waals surface area (Å²) in [5.41, 5.74) is 1.94. The van der Waals surface area contributed by atoms with Crippen molar-refractivity contribution in [1.82, 2.24) is 20.6 Å². The molecule has 1 aliphatic heterocycles. The molecular formula is C13H18Cl2N4O. The van der Waals surface area contributed by atoms with Crippen LogP contribution in [0, 0.1) is 5.92 Å². The number of nitrogens with zero attached hydrogens (tertiary/aromatic N) is 1. The number of imidazole rings is 1. The van der Waals surface area contributed by atoms with Crippen LogP contribution in [0.5, 0.6) is 0 Å². The van der Waals surface area contributed by atoms with Crippen molar-refractivity contribution in [3.63, 3.8) is 0 Å². The highest BCUT2D eigenvalue weighted by Crippen LogP contribution is 2.11. The van der Waals surface area contributed by atoms with E-state index in [0.717, 1.165) is 36.4 Å². The topological polar surface area (TPSA) is 69.8 Å². The Hall–Kier alpha value is -1.30. The summed E-state index contributed by atoms with van der Waals surface area (Å²) in [6, 6.07) is 7.86. The molecule has 3 N–H and O–H groups in total. The molecule has 1 aromatic heterocycles. The molecule has 2 heterocycles. The molecule has 1 fully saturated rings. The van der Waals surface area contributed by atoms with Crippen molar-refractivity contribution in [3.05, 3.63) is 30.1 Å². The molecule has 1 aliphatic rings. The van der Waals surface area contributed by atoms with E-state index in [2.05, 4.69) is 20.6 Å². The number of hydrogen-bond acceptors (Lipinski definition) is 3. The Bertz CT molecular complexity index is 533. The summed E-state index contributed by atoms with van der Waals surface area (Å²) in [5.74, 6) is 1.02. The number of H-pyrrole nitrogens is 1. The van der Waals surface area contributed by atoms with E-state index in [-0.39, 0.29) is 36.6 Å². The Morgan fingerprint density at radius 1 is 1.35 bits per heavy atom. The minimum atomic E-state index is 0. The molecule has 2 aromatic rings. The molecule has 0 spiro atoms. The number of carbonyl (C=O) groups excluding carboxylic acids is 1. The smallest absolute Gasteiger partial charge is 0.224 e. The summed E-state index contributed by atoms with van der Waals surface area (Å²) in [7, 11) is 0. The van der Waals surface area contributed by atoms with Gasteiger partial charge >= 0.3 is 0 Å². The number of nitrogens with one attached hydrogen (secondary N) is 3. The molecule has 0 radical (unpaired) electrons. The lowest BCUT2D eigenvalue weighted by molar-refractivity contribution is -0.124. The first-order valence-electron chi connectivity index (χ1n) is 6.25. The maximum Gasteiger partial charge on any atom is 0.224 e. The number of aromatic amines is 1. The number of aromatic nitrogens is 2. The second-order valence-corrected chi connectivity index (χ2v) is 4.61. The number of carbonyl (C=O) groups is 1. The third-order valence-corrected chi connectivity index (χ3v) is 3.30.